The molecule has 0 bridgehead atoms. The van der Waals surface area contributed by atoms with Gasteiger partial charge in [-0.25, -0.2) is 23.8 Å². The van der Waals surface area contributed by atoms with Crippen molar-refractivity contribution in [3.8, 4) is 0 Å². The van der Waals surface area contributed by atoms with E-state index in [1.165, 1.54) is 23.0 Å². The van der Waals surface area contributed by atoms with Gasteiger partial charge in [-0.05, 0) is 98.7 Å². The maximum absolute atomic E-state index is 12.3. The molecule has 12 rings (SSSR count). The number of cyclic esters (lactones) is 1. The lowest BCUT2D eigenvalue weighted by molar-refractivity contribution is -0.285. The van der Waals surface area contributed by atoms with E-state index in [4.69, 9.17) is 48.7 Å². The Kier molecular flexibility index (Phi) is 15.9. The molecule has 4 saturated heterocycles. The van der Waals surface area contributed by atoms with Gasteiger partial charge in [-0.1, -0.05) is 163 Å². The van der Waals surface area contributed by atoms with Gasteiger partial charge in [-0.3, -0.25) is 0 Å². The quantitative estimate of drug-likeness (QED) is 0.0873. The van der Waals surface area contributed by atoms with E-state index in [1.54, 1.807) is 21.2 Å². The van der Waals surface area contributed by atoms with Crippen molar-refractivity contribution in [1.82, 2.24) is 29.2 Å². The predicted molar refractivity (Wildman–Crippen MR) is 316 cm³/mol. The summed E-state index contributed by atoms with van der Waals surface area (Å²) >= 11 is 3.32. The number of nitrogen functional groups attached to an aromatic ring is 2. The summed E-state index contributed by atoms with van der Waals surface area (Å²) in [6.07, 6.45) is -0.881. The third kappa shape index (κ3) is 10.9. The molecule has 0 saturated carbocycles. The van der Waals surface area contributed by atoms with E-state index >= 15 is 0 Å². The number of ether oxygens (including phenoxy) is 6. The summed E-state index contributed by atoms with van der Waals surface area (Å²) in [5, 5.41) is 24.8. The van der Waals surface area contributed by atoms with Crippen LogP contribution >= 0.6 is 15.9 Å². The van der Waals surface area contributed by atoms with Crippen LogP contribution < -0.4 is 32.2 Å². The Morgan fingerprint density at radius 1 is 0.568 bits per heavy atom. The van der Waals surface area contributed by atoms with Crippen LogP contribution in [0.25, 0.3) is 11.0 Å². The molecule has 4 aromatic heterocycles. The molecule has 7 atom stereocenters. The standard InChI is InChI=1S/C30H36N4O5Si.C24H30O5Si.C6H5BrN4/c1-28(2,3)40(20-12-8-6-9-13-20,21-14-10-7-11-15-21)36-18-23-25-26(39-29(4,5)38-25)30(35,37-23)24-17-16-22-27(31)32-19-33-34(22)24;1-23(2,3)30(17-12-8-6-9-13-17,18-14-10-7-11-15-18)26-16-19-20-21(22(25)27-19)29-24(4,5)28-20;7-5-2-1-4-6(8)9-3-10-11(4)5/h6-17,19,23,25-26,35H,18H2,1-5H3,(H2,31,32,33);6-15,19-21H,16H2,1-5H3;1-3H,(H2,8,9,10)/t23-,25-,26-,30?;19-,20-,21-;/m11./s1. The Bertz CT molecular complexity index is 3400. The molecule has 426 valence electrons. The van der Waals surface area contributed by atoms with Crippen molar-refractivity contribution in [3.05, 3.63) is 169 Å². The van der Waals surface area contributed by atoms with Gasteiger partial charge in [0.25, 0.3) is 16.6 Å². The average Bonchev–Trinajstić information content (AvgIpc) is 4.43. The van der Waals surface area contributed by atoms with E-state index in [0.29, 0.717) is 22.8 Å². The molecule has 0 aliphatic carbocycles. The number of carbonyl (C=O) groups is 1. The summed E-state index contributed by atoms with van der Waals surface area (Å²) in [5.41, 5.74) is 13.4. The molecule has 8 aromatic rings. The highest BCUT2D eigenvalue weighted by molar-refractivity contribution is 9.10. The Hall–Kier alpha value is -6.22. The zero-order chi connectivity index (χ0) is 57.8. The monoisotopic (exact) mass is 1200 g/mol. The van der Waals surface area contributed by atoms with Crippen LogP contribution in [0.3, 0.4) is 0 Å². The van der Waals surface area contributed by atoms with Gasteiger partial charge in [0, 0.05) is 0 Å². The first-order chi connectivity index (χ1) is 38.4. The molecule has 0 radical (unpaired) electrons. The number of esters is 1. The van der Waals surface area contributed by atoms with Crippen molar-refractivity contribution in [2.24, 2.45) is 0 Å². The number of hydrogen-bond donors (Lipinski definition) is 3. The lowest BCUT2D eigenvalue weighted by atomic mass is 10.0. The third-order valence-corrected chi connectivity index (χ3v) is 25.9. The molecule has 5 N–H and O–H groups in total. The molecule has 0 amide bonds. The van der Waals surface area contributed by atoms with Gasteiger partial charge in [0.15, 0.2) is 35.4 Å². The van der Waals surface area contributed by atoms with Crippen LogP contribution in [0.4, 0.5) is 11.6 Å². The molecular formula is C60H71BrN8O10Si2. The first kappa shape index (κ1) is 58.0. The maximum atomic E-state index is 12.3. The number of hydrogen-bond acceptors (Lipinski definition) is 16. The highest BCUT2D eigenvalue weighted by atomic mass is 79.9. The number of halogens is 1. The second kappa shape index (κ2) is 22.2. The van der Waals surface area contributed by atoms with Gasteiger partial charge in [-0.15, -0.1) is 0 Å². The van der Waals surface area contributed by atoms with E-state index in [0.717, 1.165) is 20.5 Å². The number of nitrogens with zero attached hydrogens (tertiary/aromatic N) is 6. The lowest BCUT2D eigenvalue weighted by Gasteiger charge is -2.43. The molecule has 8 heterocycles. The van der Waals surface area contributed by atoms with Crippen LogP contribution in [-0.4, -0.2) is 118 Å². The van der Waals surface area contributed by atoms with Crippen molar-refractivity contribution in [3.63, 3.8) is 0 Å². The number of aliphatic hydroxyl groups is 1. The van der Waals surface area contributed by atoms with Crippen LogP contribution in [0.5, 0.6) is 0 Å². The molecule has 81 heavy (non-hydrogen) atoms. The second-order valence-electron chi connectivity index (χ2n) is 23.6. The molecule has 0 spiro atoms. The van der Waals surface area contributed by atoms with Crippen molar-refractivity contribution < 1.29 is 47.2 Å². The Morgan fingerprint density at radius 2 is 0.988 bits per heavy atom. The van der Waals surface area contributed by atoms with E-state index in [-0.39, 0.29) is 29.3 Å². The fourth-order valence-electron chi connectivity index (χ4n) is 11.8. The molecule has 4 aliphatic heterocycles. The number of benzene rings is 4. The third-order valence-electron chi connectivity index (χ3n) is 15.3. The van der Waals surface area contributed by atoms with E-state index in [1.807, 2.05) is 64.1 Å². The van der Waals surface area contributed by atoms with Crippen molar-refractivity contribution in [2.45, 2.75) is 133 Å². The number of rotatable bonds is 11. The highest BCUT2D eigenvalue weighted by Gasteiger charge is 2.65. The van der Waals surface area contributed by atoms with Crippen molar-refractivity contribution in [2.75, 3.05) is 24.7 Å². The van der Waals surface area contributed by atoms with E-state index in [9.17, 15) is 9.90 Å². The largest absolute Gasteiger partial charge is 0.455 e. The van der Waals surface area contributed by atoms with Gasteiger partial charge in [0.1, 0.15) is 58.4 Å². The van der Waals surface area contributed by atoms with Gasteiger partial charge in [0.05, 0.1) is 13.2 Å². The summed E-state index contributed by atoms with van der Waals surface area (Å²) in [6.45, 7) is 21.1. The van der Waals surface area contributed by atoms with Crippen LogP contribution in [0, 0.1) is 0 Å². The highest BCUT2D eigenvalue weighted by Crippen LogP contribution is 2.49. The minimum absolute atomic E-state index is 0.149. The number of anilines is 2. The fourth-order valence-corrected chi connectivity index (χ4v) is 21.4. The average molecular weight is 1200 g/mol. The number of carbonyl (C=O) groups excluding carboxylic acids is 1. The van der Waals surface area contributed by atoms with Gasteiger partial charge in [-0.2, -0.15) is 10.2 Å². The zero-order valence-corrected chi connectivity index (χ0v) is 50.8. The number of nitrogens with two attached hydrogens (primary N) is 2. The zero-order valence-electron chi connectivity index (χ0n) is 47.2. The van der Waals surface area contributed by atoms with E-state index in [2.05, 4.69) is 175 Å². The Morgan fingerprint density at radius 3 is 1.46 bits per heavy atom. The predicted octanol–water partition coefficient (Wildman–Crippen LogP) is 7.03. The Balaban J connectivity index is 0.000000157. The second-order valence-corrected chi connectivity index (χ2v) is 33.0. The smallest absolute Gasteiger partial charge is 0.338 e. The number of aromatic nitrogens is 6. The molecule has 4 aliphatic rings. The fraction of sp³-hybridized carbons (Fsp3) is 0.383. The van der Waals surface area contributed by atoms with Crippen molar-refractivity contribution >= 4 is 82.0 Å². The molecule has 21 heteroatoms. The van der Waals surface area contributed by atoms with Crippen molar-refractivity contribution in [1.29, 1.82) is 0 Å². The minimum Gasteiger partial charge on any atom is -0.455 e. The van der Waals surface area contributed by atoms with Crippen LogP contribution in [-0.2, 0) is 47.9 Å². The summed E-state index contributed by atoms with van der Waals surface area (Å²) < 4.78 is 54.6. The van der Waals surface area contributed by atoms with Crippen LogP contribution in [0.2, 0.25) is 10.1 Å². The SMILES string of the molecule is CC1(C)O[C@@H]2[C@@H](CO[Si](c3ccccc3)(c3ccccc3)C(C)(C)C)OC(=O)[C@@H]2O1.CC1(C)O[C@H]2[C@@H](O1)C(O)(c1ccc3c(N)ncnn13)O[C@@H]2CO[Si](c1ccccc1)(c1ccccc1)C(C)(C)C.Nc1ncnn2c(Br)ccc12. The summed E-state index contributed by atoms with van der Waals surface area (Å²) in [6, 6.07) is 48.9. The first-order valence-corrected chi connectivity index (χ1v) is 31.6. The van der Waals surface area contributed by atoms with Gasteiger partial charge < -0.3 is 53.8 Å². The van der Waals surface area contributed by atoms with E-state index < -0.39 is 70.6 Å². The molecule has 4 fully saturated rings. The lowest BCUT2D eigenvalue weighted by Crippen LogP contribution is -2.67. The summed E-state index contributed by atoms with van der Waals surface area (Å²) in [7, 11) is -5.57. The Labute approximate surface area is 482 Å². The van der Waals surface area contributed by atoms with Crippen LogP contribution in [0.15, 0.2) is 163 Å². The normalized spacial score (nSPS) is 24.0. The maximum Gasteiger partial charge on any atom is 0.338 e. The number of fused-ring (bicyclic) bond motifs is 4. The molecule has 18 nitrogen and oxygen atoms in total. The minimum atomic E-state index is -2.86. The van der Waals surface area contributed by atoms with Crippen LogP contribution in [0.1, 0.15) is 74.9 Å². The van der Waals surface area contributed by atoms with Gasteiger partial charge >= 0.3 is 5.97 Å². The van der Waals surface area contributed by atoms with Gasteiger partial charge in [0.2, 0.25) is 5.79 Å². The summed E-state index contributed by atoms with van der Waals surface area (Å²) in [5.74, 6) is -3.17. The molecule has 4 aromatic carbocycles. The topological polar surface area (TPSA) is 224 Å². The first-order valence-electron chi connectivity index (χ1n) is 27.0. The molecule has 1 unspecified atom stereocenters. The summed E-state index contributed by atoms with van der Waals surface area (Å²) in [4.78, 5) is 20.3. The molecular weight excluding hydrogens is 1130 g/mol.